The SMILES string of the molecule is COc1cc(N(C(N)=O)c2ccc(Oc3ccncc3)cc2)ccc1N1CCCCC1. The number of anilines is 3. The van der Waals surface area contributed by atoms with Crippen LogP contribution in [0, 0.1) is 0 Å². The Labute approximate surface area is 182 Å². The number of benzene rings is 2. The van der Waals surface area contributed by atoms with Gasteiger partial charge in [-0.25, -0.2) is 4.79 Å². The van der Waals surface area contributed by atoms with Crippen molar-refractivity contribution in [3.63, 3.8) is 0 Å². The van der Waals surface area contributed by atoms with Gasteiger partial charge in [-0.2, -0.15) is 0 Å². The summed E-state index contributed by atoms with van der Waals surface area (Å²) in [6, 6.07) is 15.9. The molecule has 1 saturated heterocycles. The number of nitrogens with zero attached hydrogens (tertiary/aromatic N) is 3. The van der Waals surface area contributed by atoms with E-state index in [4.69, 9.17) is 15.2 Å². The van der Waals surface area contributed by atoms with E-state index in [9.17, 15) is 4.79 Å². The normalized spacial score (nSPS) is 13.5. The Morgan fingerprint density at radius 2 is 1.58 bits per heavy atom. The second-order valence-corrected chi connectivity index (χ2v) is 7.36. The minimum atomic E-state index is -0.574. The first-order valence-corrected chi connectivity index (χ1v) is 10.4. The maximum Gasteiger partial charge on any atom is 0.323 e. The fraction of sp³-hybridized carbons (Fsp3) is 0.250. The fourth-order valence-electron chi connectivity index (χ4n) is 3.81. The smallest absolute Gasteiger partial charge is 0.323 e. The third-order valence-corrected chi connectivity index (χ3v) is 5.32. The summed E-state index contributed by atoms with van der Waals surface area (Å²) < 4.78 is 11.4. The van der Waals surface area contributed by atoms with Crippen LogP contribution < -0.4 is 25.0 Å². The second-order valence-electron chi connectivity index (χ2n) is 7.36. The van der Waals surface area contributed by atoms with Crippen LogP contribution in [0.25, 0.3) is 0 Å². The Morgan fingerprint density at radius 3 is 2.23 bits per heavy atom. The fourth-order valence-corrected chi connectivity index (χ4v) is 3.81. The van der Waals surface area contributed by atoms with Crippen LogP contribution in [0.5, 0.6) is 17.2 Å². The van der Waals surface area contributed by atoms with E-state index in [0.717, 1.165) is 24.5 Å². The van der Waals surface area contributed by atoms with Gasteiger partial charge in [-0.3, -0.25) is 9.88 Å². The Morgan fingerprint density at radius 1 is 0.935 bits per heavy atom. The first-order chi connectivity index (χ1) is 15.2. The Kier molecular flexibility index (Phi) is 6.21. The summed E-state index contributed by atoms with van der Waals surface area (Å²) in [6.07, 6.45) is 6.94. The molecule has 2 N–H and O–H groups in total. The molecule has 7 heteroatoms. The lowest BCUT2D eigenvalue weighted by atomic mass is 10.1. The zero-order chi connectivity index (χ0) is 21.6. The predicted octanol–water partition coefficient (Wildman–Crippen LogP) is 5.09. The van der Waals surface area contributed by atoms with Crippen molar-refractivity contribution in [1.29, 1.82) is 0 Å². The lowest BCUT2D eigenvalue weighted by Crippen LogP contribution is -2.32. The van der Waals surface area contributed by atoms with E-state index in [1.54, 1.807) is 55.9 Å². The molecule has 0 unspecified atom stereocenters. The number of carbonyl (C=O) groups excluding carboxylic acids is 1. The first-order valence-electron chi connectivity index (χ1n) is 10.4. The van der Waals surface area contributed by atoms with Crippen LogP contribution in [0.1, 0.15) is 19.3 Å². The molecular weight excluding hydrogens is 392 g/mol. The van der Waals surface area contributed by atoms with Crippen LogP contribution in [0.4, 0.5) is 21.9 Å². The van der Waals surface area contributed by atoms with E-state index in [0.29, 0.717) is 22.9 Å². The number of piperidine rings is 1. The predicted molar refractivity (Wildman–Crippen MR) is 122 cm³/mol. The number of methoxy groups -OCH3 is 1. The number of carbonyl (C=O) groups is 1. The van der Waals surface area contributed by atoms with Crippen molar-refractivity contribution in [3.8, 4) is 17.2 Å². The van der Waals surface area contributed by atoms with Gasteiger partial charge in [-0.1, -0.05) is 0 Å². The zero-order valence-electron chi connectivity index (χ0n) is 17.5. The highest BCUT2D eigenvalue weighted by Gasteiger charge is 2.20. The van der Waals surface area contributed by atoms with Crippen molar-refractivity contribution in [2.75, 3.05) is 30.0 Å². The van der Waals surface area contributed by atoms with Crippen LogP contribution in [-0.2, 0) is 0 Å². The average molecular weight is 418 g/mol. The van der Waals surface area contributed by atoms with Gasteiger partial charge >= 0.3 is 6.03 Å². The number of nitrogens with two attached hydrogens (primary N) is 1. The number of primary amides is 1. The first kappa shape index (κ1) is 20.5. The Bertz CT molecular complexity index is 1020. The average Bonchev–Trinajstić information content (AvgIpc) is 2.81. The number of urea groups is 1. The molecule has 0 atom stereocenters. The molecule has 7 nitrogen and oxygen atoms in total. The van der Waals surface area contributed by atoms with Gasteiger partial charge in [0, 0.05) is 31.5 Å². The lowest BCUT2D eigenvalue weighted by molar-refractivity contribution is 0.256. The number of amides is 2. The van der Waals surface area contributed by atoms with Crippen LogP contribution in [-0.4, -0.2) is 31.2 Å². The molecular formula is C24H26N4O3. The lowest BCUT2D eigenvalue weighted by Gasteiger charge is -2.31. The van der Waals surface area contributed by atoms with Crippen molar-refractivity contribution in [3.05, 3.63) is 67.0 Å². The van der Waals surface area contributed by atoms with E-state index in [2.05, 4.69) is 9.88 Å². The zero-order valence-corrected chi connectivity index (χ0v) is 17.5. The molecule has 2 aromatic carbocycles. The van der Waals surface area contributed by atoms with Gasteiger partial charge in [-0.05, 0) is 67.8 Å². The topological polar surface area (TPSA) is 80.9 Å². The monoisotopic (exact) mass is 418 g/mol. The summed E-state index contributed by atoms with van der Waals surface area (Å²) >= 11 is 0. The molecule has 1 aliphatic heterocycles. The van der Waals surface area contributed by atoms with Gasteiger partial charge in [-0.15, -0.1) is 0 Å². The maximum atomic E-state index is 12.3. The van der Waals surface area contributed by atoms with Gasteiger partial charge < -0.3 is 20.1 Å². The van der Waals surface area contributed by atoms with Gasteiger partial charge in [0.1, 0.15) is 17.2 Å². The molecule has 160 valence electrons. The number of aromatic nitrogens is 1. The molecule has 2 amide bonds. The van der Waals surface area contributed by atoms with E-state index < -0.39 is 6.03 Å². The van der Waals surface area contributed by atoms with E-state index in [1.807, 2.05) is 18.2 Å². The molecule has 2 heterocycles. The quantitative estimate of drug-likeness (QED) is 0.603. The standard InChI is InChI=1S/C24H26N4O3/c1-30-23-17-19(7-10-22(23)27-15-3-2-4-16-27)28(24(25)29)18-5-8-20(9-6-18)31-21-11-13-26-14-12-21/h5-14,17H,2-4,15-16H2,1H3,(H2,25,29). The molecule has 0 bridgehead atoms. The molecule has 1 aliphatic rings. The Balaban J connectivity index is 1.59. The van der Waals surface area contributed by atoms with E-state index in [1.165, 1.54) is 24.2 Å². The van der Waals surface area contributed by atoms with Crippen molar-refractivity contribution in [2.24, 2.45) is 5.73 Å². The summed E-state index contributed by atoms with van der Waals surface area (Å²) in [6.45, 7) is 2.02. The largest absolute Gasteiger partial charge is 0.495 e. The number of hydrogen-bond donors (Lipinski definition) is 1. The highest BCUT2D eigenvalue weighted by Crippen LogP contribution is 2.37. The minimum Gasteiger partial charge on any atom is -0.495 e. The van der Waals surface area contributed by atoms with Crippen molar-refractivity contribution in [1.82, 2.24) is 4.98 Å². The van der Waals surface area contributed by atoms with Crippen molar-refractivity contribution >= 4 is 23.1 Å². The number of hydrogen-bond acceptors (Lipinski definition) is 5. The number of rotatable bonds is 6. The summed E-state index contributed by atoms with van der Waals surface area (Å²) in [5, 5.41) is 0. The van der Waals surface area contributed by atoms with Crippen LogP contribution in [0.15, 0.2) is 67.0 Å². The Hall–Kier alpha value is -3.74. The van der Waals surface area contributed by atoms with Gasteiger partial charge in [0.2, 0.25) is 0 Å². The van der Waals surface area contributed by atoms with E-state index in [-0.39, 0.29) is 0 Å². The van der Waals surface area contributed by atoms with E-state index >= 15 is 0 Å². The highest BCUT2D eigenvalue weighted by atomic mass is 16.5. The van der Waals surface area contributed by atoms with Crippen LogP contribution in [0.3, 0.4) is 0 Å². The van der Waals surface area contributed by atoms with Crippen molar-refractivity contribution < 1.29 is 14.3 Å². The molecule has 31 heavy (non-hydrogen) atoms. The summed E-state index contributed by atoms with van der Waals surface area (Å²) in [7, 11) is 1.65. The maximum absolute atomic E-state index is 12.3. The molecule has 1 aromatic heterocycles. The van der Waals surface area contributed by atoms with Crippen molar-refractivity contribution in [2.45, 2.75) is 19.3 Å². The van der Waals surface area contributed by atoms with Crippen LogP contribution >= 0.6 is 0 Å². The summed E-state index contributed by atoms with van der Waals surface area (Å²) in [5.74, 6) is 2.06. The van der Waals surface area contributed by atoms with Gasteiger partial charge in [0.05, 0.1) is 24.2 Å². The summed E-state index contributed by atoms with van der Waals surface area (Å²) in [5.41, 5.74) is 8.06. The van der Waals surface area contributed by atoms with Gasteiger partial charge in [0.15, 0.2) is 0 Å². The second kappa shape index (κ2) is 9.38. The molecule has 0 aliphatic carbocycles. The molecule has 0 spiro atoms. The highest BCUT2D eigenvalue weighted by molar-refractivity contribution is 5.99. The third-order valence-electron chi connectivity index (χ3n) is 5.32. The third kappa shape index (κ3) is 4.71. The molecule has 1 fully saturated rings. The minimum absolute atomic E-state index is 0.574. The molecule has 4 rings (SSSR count). The molecule has 0 saturated carbocycles. The van der Waals surface area contributed by atoms with Gasteiger partial charge in [0.25, 0.3) is 0 Å². The number of pyridine rings is 1. The molecule has 3 aromatic rings. The number of ether oxygens (including phenoxy) is 2. The van der Waals surface area contributed by atoms with Crippen LogP contribution in [0.2, 0.25) is 0 Å². The molecule has 0 radical (unpaired) electrons. The summed E-state index contributed by atoms with van der Waals surface area (Å²) in [4.78, 5) is 20.1.